The maximum atomic E-state index is 12.4. The van der Waals surface area contributed by atoms with E-state index in [1.54, 1.807) is 0 Å². The molecule has 8 heteroatoms. The lowest BCUT2D eigenvalue weighted by molar-refractivity contribution is 0.102. The van der Waals surface area contributed by atoms with Gasteiger partial charge >= 0.3 is 0 Å². The van der Waals surface area contributed by atoms with Gasteiger partial charge in [0.05, 0.1) is 17.6 Å². The van der Waals surface area contributed by atoms with Crippen molar-refractivity contribution < 1.29 is 4.79 Å². The van der Waals surface area contributed by atoms with E-state index < -0.39 is 0 Å². The van der Waals surface area contributed by atoms with Crippen molar-refractivity contribution in [1.29, 1.82) is 0 Å². The number of carbonyl (C=O) groups is 1. The maximum Gasteiger partial charge on any atom is 0.279 e. The van der Waals surface area contributed by atoms with Crippen LogP contribution in [0, 0.1) is 0 Å². The highest BCUT2D eigenvalue weighted by Gasteiger charge is 2.21. The molecule has 7 nitrogen and oxygen atoms in total. The number of fused-ring (bicyclic) bond motifs is 1. The van der Waals surface area contributed by atoms with Crippen LogP contribution < -0.4 is 11.1 Å². The Bertz CT molecular complexity index is 872. The second-order valence-corrected chi connectivity index (χ2v) is 6.78. The van der Waals surface area contributed by atoms with Crippen molar-refractivity contribution in [2.24, 2.45) is 5.73 Å². The monoisotopic (exact) mass is 340 g/mol. The summed E-state index contributed by atoms with van der Waals surface area (Å²) in [5.74, 6) is -0.312. The zero-order valence-corrected chi connectivity index (χ0v) is 13.7. The minimum absolute atomic E-state index is 0.187. The number of rotatable bonds is 3. The Morgan fingerprint density at radius 3 is 3.00 bits per heavy atom. The van der Waals surface area contributed by atoms with Crippen molar-refractivity contribution in [3.05, 3.63) is 52.8 Å². The highest BCUT2D eigenvalue weighted by molar-refractivity contribution is 7.15. The molecule has 4 rings (SSSR count). The molecule has 3 N–H and O–H groups in total. The standard InChI is InChI=1S/C16H16N6OS/c17-10-6-7-12-14(8-10)24-16(19-12)20-15(23)13-9-18-22(21-13)11-4-2-1-3-5-11/h1-5,9-10H,6-8,17H2,(H,19,20,23)/t10-/m0/s1. The van der Waals surface area contributed by atoms with Crippen LogP contribution in [0.1, 0.15) is 27.5 Å². The fraction of sp³-hybridized carbons (Fsp3) is 0.250. The van der Waals surface area contributed by atoms with Gasteiger partial charge < -0.3 is 5.73 Å². The summed E-state index contributed by atoms with van der Waals surface area (Å²) < 4.78 is 0. The SMILES string of the molecule is N[C@H]1CCc2nc(NC(=O)c3cnn(-c4ccccc4)n3)sc2C1. The smallest absolute Gasteiger partial charge is 0.279 e. The molecule has 2 heterocycles. The number of carbonyl (C=O) groups excluding carboxylic acids is 1. The predicted octanol–water partition coefficient (Wildman–Crippen LogP) is 1.79. The lowest BCUT2D eigenvalue weighted by Gasteiger charge is -2.15. The second-order valence-electron chi connectivity index (χ2n) is 5.70. The Hall–Kier alpha value is -2.58. The molecule has 1 aromatic carbocycles. The molecule has 1 aliphatic carbocycles. The number of amides is 1. The van der Waals surface area contributed by atoms with Crippen LogP contribution in [0.15, 0.2) is 36.5 Å². The van der Waals surface area contributed by atoms with E-state index in [-0.39, 0.29) is 17.6 Å². The molecule has 0 radical (unpaired) electrons. The van der Waals surface area contributed by atoms with Crippen LogP contribution in [0.2, 0.25) is 0 Å². The predicted molar refractivity (Wildman–Crippen MR) is 91.4 cm³/mol. The van der Waals surface area contributed by atoms with Gasteiger partial charge in [-0.3, -0.25) is 10.1 Å². The molecule has 0 saturated heterocycles. The molecule has 1 atom stereocenters. The molecular weight excluding hydrogens is 324 g/mol. The number of nitrogens with one attached hydrogen (secondary N) is 1. The van der Waals surface area contributed by atoms with Crippen molar-refractivity contribution in [3.63, 3.8) is 0 Å². The van der Waals surface area contributed by atoms with Gasteiger partial charge in [-0.25, -0.2) is 4.98 Å². The molecule has 2 aromatic heterocycles. The summed E-state index contributed by atoms with van der Waals surface area (Å²) >= 11 is 1.49. The zero-order chi connectivity index (χ0) is 16.5. The van der Waals surface area contributed by atoms with Gasteiger partial charge in [0.1, 0.15) is 0 Å². The first-order chi connectivity index (χ1) is 11.7. The minimum Gasteiger partial charge on any atom is -0.327 e. The van der Waals surface area contributed by atoms with Crippen LogP contribution in [0.3, 0.4) is 0 Å². The number of anilines is 1. The van der Waals surface area contributed by atoms with Gasteiger partial charge in [0.2, 0.25) is 0 Å². The van der Waals surface area contributed by atoms with E-state index in [1.165, 1.54) is 22.3 Å². The van der Waals surface area contributed by atoms with E-state index in [1.807, 2.05) is 30.3 Å². The third kappa shape index (κ3) is 2.93. The molecule has 0 bridgehead atoms. The molecule has 122 valence electrons. The Kier molecular flexibility index (Phi) is 3.83. The van der Waals surface area contributed by atoms with Crippen molar-refractivity contribution in [3.8, 4) is 5.69 Å². The Morgan fingerprint density at radius 2 is 2.17 bits per heavy atom. The van der Waals surface area contributed by atoms with Gasteiger partial charge in [-0.1, -0.05) is 18.2 Å². The maximum absolute atomic E-state index is 12.4. The number of aryl methyl sites for hydroxylation is 1. The van der Waals surface area contributed by atoms with Crippen molar-refractivity contribution in [2.75, 3.05) is 5.32 Å². The van der Waals surface area contributed by atoms with E-state index in [4.69, 9.17) is 5.73 Å². The van der Waals surface area contributed by atoms with E-state index >= 15 is 0 Å². The molecular formula is C16H16N6OS. The fourth-order valence-electron chi connectivity index (χ4n) is 2.67. The summed E-state index contributed by atoms with van der Waals surface area (Å²) in [7, 11) is 0. The Labute approximate surface area is 142 Å². The van der Waals surface area contributed by atoms with Gasteiger partial charge in [0.15, 0.2) is 10.8 Å². The van der Waals surface area contributed by atoms with E-state index in [0.717, 1.165) is 35.5 Å². The molecule has 24 heavy (non-hydrogen) atoms. The van der Waals surface area contributed by atoms with E-state index in [0.29, 0.717) is 5.13 Å². The van der Waals surface area contributed by atoms with Gasteiger partial charge in [-0.05, 0) is 31.4 Å². The zero-order valence-electron chi connectivity index (χ0n) is 12.8. The fourth-order valence-corrected chi connectivity index (χ4v) is 3.76. The minimum atomic E-state index is -0.312. The highest BCUT2D eigenvalue weighted by atomic mass is 32.1. The molecule has 0 spiro atoms. The summed E-state index contributed by atoms with van der Waals surface area (Å²) in [5.41, 5.74) is 8.08. The Balaban J connectivity index is 1.50. The number of aromatic nitrogens is 4. The summed E-state index contributed by atoms with van der Waals surface area (Å²) in [6.07, 6.45) is 4.08. The first kappa shape index (κ1) is 15.0. The number of nitrogens with zero attached hydrogens (tertiary/aromatic N) is 4. The van der Waals surface area contributed by atoms with Gasteiger partial charge in [-0.15, -0.1) is 16.4 Å². The van der Waals surface area contributed by atoms with Crippen LogP contribution in [-0.2, 0) is 12.8 Å². The normalized spacial score (nSPS) is 16.6. The number of hydrogen-bond acceptors (Lipinski definition) is 6. The van der Waals surface area contributed by atoms with E-state index in [2.05, 4.69) is 20.5 Å². The highest BCUT2D eigenvalue weighted by Crippen LogP contribution is 2.29. The second kappa shape index (κ2) is 6.14. The summed E-state index contributed by atoms with van der Waals surface area (Å²) in [4.78, 5) is 19.4. The summed E-state index contributed by atoms with van der Waals surface area (Å²) in [6.45, 7) is 0. The third-order valence-electron chi connectivity index (χ3n) is 3.91. The molecule has 0 aliphatic heterocycles. The molecule has 1 aliphatic rings. The van der Waals surface area contributed by atoms with Crippen LogP contribution >= 0.6 is 11.3 Å². The first-order valence-corrected chi connectivity index (χ1v) is 8.54. The number of thiazole rings is 1. The van der Waals surface area contributed by atoms with Gasteiger partial charge in [0.25, 0.3) is 5.91 Å². The lowest BCUT2D eigenvalue weighted by atomic mass is 9.99. The average Bonchev–Trinajstić information content (AvgIpc) is 3.22. The average molecular weight is 340 g/mol. The molecule has 0 saturated carbocycles. The number of para-hydroxylation sites is 1. The molecule has 1 amide bonds. The molecule has 0 unspecified atom stereocenters. The molecule has 0 fully saturated rings. The number of hydrogen-bond donors (Lipinski definition) is 2. The van der Waals surface area contributed by atoms with Crippen LogP contribution in [-0.4, -0.2) is 31.9 Å². The number of benzene rings is 1. The summed E-state index contributed by atoms with van der Waals surface area (Å²) in [6, 6.07) is 9.63. The van der Waals surface area contributed by atoms with Crippen LogP contribution in [0.5, 0.6) is 0 Å². The topological polar surface area (TPSA) is 98.7 Å². The third-order valence-corrected chi connectivity index (χ3v) is 4.95. The van der Waals surface area contributed by atoms with Gasteiger partial charge in [-0.2, -0.15) is 9.90 Å². The van der Waals surface area contributed by atoms with Crippen LogP contribution in [0.4, 0.5) is 5.13 Å². The van der Waals surface area contributed by atoms with Crippen molar-refractivity contribution >= 4 is 22.4 Å². The first-order valence-electron chi connectivity index (χ1n) is 7.72. The molecule has 3 aromatic rings. The quantitative estimate of drug-likeness (QED) is 0.757. The van der Waals surface area contributed by atoms with Crippen molar-refractivity contribution in [1.82, 2.24) is 20.0 Å². The largest absolute Gasteiger partial charge is 0.327 e. The van der Waals surface area contributed by atoms with Crippen molar-refractivity contribution in [2.45, 2.75) is 25.3 Å². The summed E-state index contributed by atoms with van der Waals surface area (Å²) in [5, 5.41) is 11.8. The van der Waals surface area contributed by atoms with Crippen LogP contribution in [0.25, 0.3) is 5.69 Å². The van der Waals surface area contributed by atoms with Gasteiger partial charge in [0, 0.05) is 10.9 Å². The Morgan fingerprint density at radius 1 is 1.33 bits per heavy atom. The number of nitrogens with two attached hydrogens (primary N) is 1. The lowest BCUT2D eigenvalue weighted by Crippen LogP contribution is -2.27. The van der Waals surface area contributed by atoms with E-state index in [9.17, 15) is 4.79 Å².